The number of hydrogen-bond acceptors (Lipinski definition) is 8. The predicted octanol–water partition coefficient (Wildman–Crippen LogP) is 4.01. The zero-order valence-electron chi connectivity index (χ0n) is 18.8. The molecule has 33 heavy (non-hydrogen) atoms. The van der Waals surface area contributed by atoms with Gasteiger partial charge in [-0.1, -0.05) is 12.1 Å². The van der Waals surface area contributed by atoms with Crippen LogP contribution >= 0.6 is 11.3 Å². The fourth-order valence-corrected chi connectivity index (χ4v) is 5.38. The van der Waals surface area contributed by atoms with Crippen molar-refractivity contribution >= 4 is 23.1 Å². The lowest BCUT2D eigenvalue weighted by molar-refractivity contribution is -0.140. The van der Waals surface area contributed by atoms with E-state index in [-0.39, 0.29) is 30.7 Å². The molecule has 2 aromatic rings. The molecule has 0 unspecified atom stereocenters. The van der Waals surface area contributed by atoms with Gasteiger partial charge in [-0.3, -0.25) is 4.79 Å². The Balaban J connectivity index is 1.78. The molecule has 1 aromatic carbocycles. The van der Waals surface area contributed by atoms with E-state index in [2.05, 4.69) is 11.4 Å². The summed E-state index contributed by atoms with van der Waals surface area (Å²) in [6.45, 7) is 2.19. The molecular formula is C25H27NO6S. The van der Waals surface area contributed by atoms with Crippen molar-refractivity contribution in [3.63, 3.8) is 0 Å². The maximum atomic E-state index is 13.5. The van der Waals surface area contributed by atoms with Crippen LogP contribution in [0.5, 0.6) is 11.5 Å². The van der Waals surface area contributed by atoms with Crippen LogP contribution < -0.4 is 10.1 Å². The fraction of sp³-hybridized carbons (Fsp3) is 0.360. The highest BCUT2D eigenvalue weighted by Gasteiger charge is 2.41. The van der Waals surface area contributed by atoms with Gasteiger partial charge in [0.2, 0.25) is 0 Å². The minimum absolute atomic E-state index is 0.0165. The fourth-order valence-electron chi connectivity index (χ4n) is 4.55. The zero-order chi connectivity index (χ0) is 23.5. The van der Waals surface area contributed by atoms with Crippen molar-refractivity contribution in [3.05, 3.63) is 68.7 Å². The minimum atomic E-state index is -0.648. The third-order valence-electron chi connectivity index (χ3n) is 6.05. The number of benzene rings is 1. The van der Waals surface area contributed by atoms with Gasteiger partial charge in [0.25, 0.3) is 0 Å². The summed E-state index contributed by atoms with van der Waals surface area (Å²) >= 11 is 1.64. The van der Waals surface area contributed by atoms with Crippen molar-refractivity contribution in [2.45, 2.75) is 31.6 Å². The highest BCUT2D eigenvalue weighted by atomic mass is 32.1. The summed E-state index contributed by atoms with van der Waals surface area (Å²) in [6, 6.07) is 9.00. The first-order valence-electron chi connectivity index (χ1n) is 10.7. The van der Waals surface area contributed by atoms with E-state index in [0.29, 0.717) is 41.0 Å². The molecule has 0 spiro atoms. The number of thiophene rings is 1. The molecule has 8 heteroatoms. The number of phenolic OH excluding ortho intramolecular Hbond substituents is 1. The summed E-state index contributed by atoms with van der Waals surface area (Å²) in [5, 5.41) is 15.8. The maximum Gasteiger partial charge on any atom is 0.336 e. The van der Waals surface area contributed by atoms with Crippen molar-refractivity contribution in [3.8, 4) is 11.5 Å². The van der Waals surface area contributed by atoms with Crippen LogP contribution in [0.3, 0.4) is 0 Å². The molecule has 4 rings (SSSR count). The minimum Gasteiger partial charge on any atom is -0.504 e. The van der Waals surface area contributed by atoms with Crippen molar-refractivity contribution in [2.24, 2.45) is 0 Å². The number of carbonyl (C=O) groups is 2. The summed E-state index contributed by atoms with van der Waals surface area (Å²) in [5.74, 6) is -0.824. The molecule has 2 atom stereocenters. The third kappa shape index (κ3) is 4.54. The molecular weight excluding hydrogens is 442 g/mol. The van der Waals surface area contributed by atoms with Gasteiger partial charge in [0, 0.05) is 47.2 Å². The molecule has 1 aliphatic carbocycles. The Morgan fingerprint density at radius 3 is 2.70 bits per heavy atom. The Labute approximate surface area is 196 Å². The number of carbonyl (C=O) groups excluding carboxylic acids is 2. The van der Waals surface area contributed by atoms with Gasteiger partial charge in [-0.25, -0.2) is 4.79 Å². The second kappa shape index (κ2) is 9.80. The molecule has 7 nitrogen and oxygen atoms in total. The van der Waals surface area contributed by atoms with Crippen LogP contribution in [0.2, 0.25) is 0 Å². The van der Waals surface area contributed by atoms with Crippen LogP contribution in [0.25, 0.3) is 0 Å². The van der Waals surface area contributed by atoms with Crippen molar-refractivity contribution in [1.29, 1.82) is 0 Å². The number of nitrogens with one attached hydrogen (secondary N) is 1. The Bertz CT molecular complexity index is 1120. The summed E-state index contributed by atoms with van der Waals surface area (Å²) in [7, 11) is 3.00. The van der Waals surface area contributed by atoms with Gasteiger partial charge in [-0.2, -0.15) is 0 Å². The number of phenols is 1. The van der Waals surface area contributed by atoms with E-state index in [0.717, 1.165) is 5.70 Å². The van der Waals surface area contributed by atoms with Crippen LogP contribution in [0, 0.1) is 0 Å². The van der Waals surface area contributed by atoms with E-state index in [1.807, 2.05) is 18.4 Å². The molecule has 0 saturated heterocycles. The Morgan fingerprint density at radius 1 is 1.21 bits per heavy atom. The molecule has 0 amide bonds. The lowest BCUT2D eigenvalue weighted by Crippen LogP contribution is -2.36. The van der Waals surface area contributed by atoms with Gasteiger partial charge >= 0.3 is 5.97 Å². The lowest BCUT2D eigenvalue weighted by atomic mass is 9.72. The average Bonchev–Trinajstić information content (AvgIpc) is 3.33. The van der Waals surface area contributed by atoms with E-state index in [1.165, 1.54) is 19.1 Å². The SMILES string of the molecule is COCCOC(=O)C1=C(C)NC2=C(C(=O)C[C@H](c3cccs3)C2)[C@H]1c1ccc(OC)c(O)c1. The van der Waals surface area contributed by atoms with Gasteiger partial charge in [-0.05, 0) is 42.5 Å². The van der Waals surface area contributed by atoms with E-state index >= 15 is 0 Å². The Kier molecular flexibility index (Phi) is 6.85. The largest absolute Gasteiger partial charge is 0.504 e. The monoisotopic (exact) mass is 469 g/mol. The molecule has 174 valence electrons. The smallest absolute Gasteiger partial charge is 0.336 e. The molecule has 2 heterocycles. The summed E-state index contributed by atoms with van der Waals surface area (Å²) in [4.78, 5) is 27.8. The molecule has 0 saturated carbocycles. The first kappa shape index (κ1) is 23.1. The van der Waals surface area contributed by atoms with Crippen LogP contribution in [0.15, 0.2) is 58.3 Å². The molecule has 2 N–H and O–H groups in total. The Morgan fingerprint density at radius 2 is 2.03 bits per heavy atom. The van der Waals surface area contributed by atoms with Gasteiger partial charge in [0.1, 0.15) is 6.61 Å². The number of aromatic hydroxyl groups is 1. The maximum absolute atomic E-state index is 13.5. The molecule has 2 aliphatic rings. The second-order valence-corrected chi connectivity index (χ2v) is 9.07. The van der Waals surface area contributed by atoms with Gasteiger partial charge in [-0.15, -0.1) is 11.3 Å². The number of ether oxygens (including phenoxy) is 3. The van der Waals surface area contributed by atoms with Gasteiger partial charge in [0.15, 0.2) is 17.3 Å². The second-order valence-electron chi connectivity index (χ2n) is 8.09. The van der Waals surface area contributed by atoms with Crippen LogP contribution in [0.4, 0.5) is 0 Å². The topological polar surface area (TPSA) is 94.1 Å². The van der Waals surface area contributed by atoms with Gasteiger partial charge in [0.05, 0.1) is 19.3 Å². The predicted molar refractivity (Wildman–Crippen MR) is 124 cm³/mol. The van der Waals surface area contributed by atoms with Gasteiger partial charge < -0.3 is 24.6 Å². The summed E-state index contributed by atoms with van der Waals surface area (Å²) in [6.07, 6.45) is 1.04. The van der Waals surface area contributed by atoms with E-state index in [1.54, 1.807) is 29.5 Å². The molecule has 1 aromatic heterocycles. The lowest BCUT2D eigenvalue weighted by Gasteiger charge is -2.36. The number of dihydropyridines is 1. The number of ketones is 1. The van der Waals surface area contributed by atoms with E-state index in [4.69, 9.17) is 14.2 Å². The summed E-state index contributed by atoms with van der Waals surface area (Å²) in [5.41, 5.74) is 2.99. The van der Waals surface area contributed by atoms with Crippen LogP contribution in [0.1, 0.15) is 42.0 Å². The van der Waals surface area contributed by atoms with Crippen molar-refractivity contribution in [1.82, 2.24) is 5.32 Å². The molecule has 0 bridgehead atoms. The first-order valence-corrected chi connectivity index (χ1v) is 11.6. The number of Topliss-reactive ketones (excluding diaryl/α,β-unsaturated/α-hetero) is 1. The highest BCUT2D eigenvalue weighted by Crippen LogP contribution is 2.47. The van der Waals surface area contributed by atoms with Crippen molar-refractivity contribution in [2.75, 3.05) is 27.4 Å². The average molecular weight is 470 g/mol. The van der Waals surface area contributed by atoms with Crippen LogP contribution in [-0.2, 0) is 19.1 Å². The van der Waals surface area contributed by atoms with E-state index in [9.17, 15) is 14.7 Å². The number of allylic oxidation sites excluding steroid dienone is 3. The van der Waals surface area contributed by atoms with Crippen LogP contribution in [-0.4, -0.2) is 44.3 Å². The Hall–Kier alpha value is -3.10. The molecule has 1 aliphatic heterocycles. The van der Waals surface area contributed by atoms with E-state index < -0.39 is 11.9 Å². The number of hydrogen-bond donors (Lipinski definition) is 2. The highest BCUT2D eigenvalue weighted by molar-refractivity contribution is 7.10. The normalized spacial score (nSPS) is 20.4. The number of methoxy groups -OCH3 is 2. The number of esters is 1. The molecule has 0 radical (unpaired) electrons. The standard InChI is InChI=1S/C25H27NO6S/c1-14-22(25(29)32-9-8-30-2)23(15-6-7-20(31-3)18(27)12-15)24-17(26-14)11-16(13-19(24)28)21-5-4-10-33-21/h4-7,10,12,16,23,26-27H,8-9,11,13H2,1-3H3/t16-,23+/m1/s1. The third-order valence-corrected chi connectivity index (χ3v) is 7.08. The first-order chi connectivity index (χ1) is 15.9. The van der Waals surface area contributed by atoms with Crippen molar-refractivity contribution < 1.29 is 28.9 Å². The quantitative estimate of drug-likeness (QED) is 0.467. The zero-order valence-corrected chi connectivity index (χ0v) is 19.7. The summed E-state index contributed by atoms with van der Waals surface area (Å²) < 4.78 is 15.6. The molecule has 0 fully saturated rings. The number of rotatable bonds is 7.